The number of benzene rings is 1. The molecule has 1 N–H and O–H groups in total. The number of aromatic carboxylic acids is 1. The van der Waals surface area contributed by atoms with Crippen LogP contribution in [-0.2, 0) is 17.7 Å². The molecule has 0 saturated carbocycles. The number of rotatable bonds is 4. The van der Waals surface area contributed by atoms with Gasteiger partial charge in [0.05, 0.1) is 27.4 Å². The summed E-state index contributed by atoms with van der Waals surface area (Å²) < 4.78 is 15.7. The van der Waals surface area contributed by atoms with Crippen LogP contribution in [0.15, 0.2) is 6.07 Å². The number of amides is 1. The van der Waals surface area contributed by atoms with Crippen LogP contribution < -0.4 is 9.47 Å². The molecule has 1 unspecified atom stereocenters. The third-order valence-corrected chi connectivity index (χ3v) is 3.97. The monoisotopic (exact) mass is 323 g/mol. The summed E-state index contributed by atoms with van der Waals surface area (Å²) in [6.45, 7) is 4.23. The Hall–Kier alpha value is -2.44. The second-order valence-corrected chi connectivity index (χ2v) is 5.30. The van der Waals surface area contributed by atoms with E-state index in [1.165, 1.54) is 20.3 Å². The number of ether oxygens (including phenoxy) is 3. The molecule has 2 rings (SSSR count). The lowest BCUT2D eigenvalue weighted by Crippen LogP contribution is -2.43. The van der Waals surface area contributed by atoms with Gasteiger partial charge in [-0.2, -0.15) is 0 Å². The first-order valence-corrected chi connectivity index (χ1v) is 7.37. The first-order valence-electron chi connectivity index (χ1n) is 7.37. The van der Waals surface area contributed by atoms with E-state index in [1.807, 2.05) is 6.92 Å². The predicted octanol–water partition coefficient (Wildman–Crippen LogP) is 2.31. The Morgan fingerprint density at radius 1 is 1.30 bits per heavy atom. The largest absolute Gasteiger partial charge is 0.496 e. The van der Waals surface area contributed by atoms with Crippen molar-refractivity contribution in [3.8, 4) is 11.5 Å². The Morgan fingerprint density at radius 3 is 2.52 bits per heavy atom. The Bertz CT molecular complexity index is 627. The van der Waals surface area contributed by atoms with E-state index in [1.54, 1.807) is 11.8 Å². The van der Waals surface area contributed by atoms with Gasteiger partial charge in [-0.05, 0) is 26.3 Å². The number of carboxylic acids is 1. The Morgan fingerprint density at radius 2 is 2.00 bits per heavy atom. The van der Waals surface area contributed by atoms with Crippen molar-refractivity contribution in [1.29, 1.82) is 0 Å². The molecule has 1 heterocycles. The van der Waals surface area contributed by atoms with E-state index in [-0.39, 0.29) is 18.2 Å². The summed E-state index contributed by atoms with van der Waals surface area (Å²) in [6.07, 6.45) is 0.0726. The maximum absolute atomic E-state index is 12.1. The number of hydrogen-bond donors (Lipinski definition) is 1. The smallest absolute Gasteiger partial charge is 0.410 e. The SMILES string of the molecule is CCOC(=O)N1Cc2c(OC)cc(C(=O)O)c(OC)c2CC1C. The lowest BCUT2D eigenvalue weighted by Gasteiger charge is -2.35. The molecule has 0 fully saturated rings. The van der Waals surface area contributed by atoms with E-state index < -0.39 is 12.1 Å². The van der Waals surface area contributed by atoms with Crippen molar-refractivity contribution in [2.24, 2.45) is 0 Å². The predicted molar refractivity (Wildman–Crippen MR) is 82.2 cm³/mol. The van der Waals surface area contributed by atoms with Gasteiger partial charge >= 0.3 is 12.1 Å². The third kappa shape index (κ3) is 3.04. The number of carbonyl (C=O) groups is 2. The topological polar surface area (TPSA) is 85.3 Å². The average Bonchev–Trinajstić information content (AvgIpc) is 2.52. The first kappa shape index (κ1) is 16.9. The highest BCUT2D eigenvalue weighted by Gasteiger charge is 2.33. The number of nitrogens with zero attached hydrogens (tertiary/aromatic N) is 1. The minimum absolute atomic E-state index is 0.0554. The van der Waals surface area contributed by atoms with Gasteiger partial charge < -0.3 is 24.2 Å². The molecule has 23 heavy (non-hydrogen) atoms. The molecule has 7 nitrogen and oxygen atoms in total. The van der Waals surface area contributed by atoms with Crippen LogP contribution in [0.2, 0.25) is 0 Å². The van der Waals surface area contributed by atoms with Gasteiger partial charge in [0, 0.05) is 17.2 Å². The van der Waals surface area contributed by atoms with Crippen molar-refractivity contribution in [3.63, 3.8) is 0 Å². The van der Waals surface area contributed by atoms with Crippen LogP contribution in [-0.4, -0.2) is 48.9 Å². The highest BCUT2D eigenvalue weighted by Crippen LogP contribution is 2.39. The van der Waals surface area contributed by atoms with E-state index in [9.17, 15) is 14.7 Å². The lowest BCUT2D eigenvalue weighted by molar-refractivity contribution is 0.0689. The van der Waals surface area contributed by atoms with E-state index in [0.29, 0.717) is 24.5 Å². The second kappa shape index (κ2) is 6.76. The molecule has 7 heteroatoms. The first-order chi connectivity index (χ1) is 10.9. The molecule has 0 aromatic heterocycles. The summed E-state index contributed by atoms with van der Waals surface area (Å²) >= 11 is 0. The summed E-state index contributed by atoms with van der Waals surface area (Å²) in [5.74, 6) is -0.327. The molecular weight excluding hydrogens is 302 g/mol. The van der Waals surface area contributed by atoms with Crippen molar-refractivity contribution in [3.05, 3.63) is 22.8 Å². The summed E-state index contributed by atoms with van der Waals surface area (Å²) in [5, 5.41) is 9.37. The molecule has 0 saturated heterocycles. The van der Waals surface area contributed by atoms with Gasteiger partial charge in [0.2, 0.25) is 0 Å². The molecular formula is C16H21NO6. The van der Waals surface area contributed by atoms with Crippen LogP contribution >= 0.6 is 0 Å². The highest BCUT2D eigenvalue weighted by molar-refractivity contribution is 5.92. The molecule has 1 aliphatic heterocycles. The fourth-order valence-electron chi connectivity index (χ4n) is 2.88. The van der Waals surface area contributed by atoms with E-state index in [2.05, 4.69) is 0 Å². The zero-order chi connectivity index (χ0) is 17.1. The fraction of sp³-hybridized carbons (Fsp3) is 0.500. The van der Waals surface area contributed by atoms with Crippen molar-refractivity contribution >= 4 is 12.1 Å². The van der Waals surface area contributed by atoms with E-state index in [4.69, 9.17) is 14.2 Å². The van der Waals surface area contributed by atoms with Gasteiger partial charge in [0.25, 0.3) is 0 Å². The zero-order valence-electron chi connectivity index (χ0n) is 13.7. The molecule has 0 spiro atoms. The molecule has 0 aliphatic carbocycles. The van der Waals surface area contributed by atoms with Crippen LogP contribution in [0.3, 0.4) is 0 Å². The zero-order valence-corrected chi connectivity index (χ0v) is 13.7. The normalized spacial score (nSPS) is 16.5. The maximum Gasteiger partial charge on any atom is 0.410 e. The van der Waals surface area contributed by atoms with Crippen molar-refractivity contribution in [1.82, 2.24) is 4.90 Å². The van der Waals surface area contributed by atoms with Crippen LogP contribution in [0.4, 0.5) is 4.79 Å². The van der Waals surface area contributed by atoms with Crippen LogP contribution in [0.25, 0.3) is 0 Å². The van der Waals surface area contributed by atoms with Gasteiger partial charge in [0.1, 0.15) is 17.1 Å². The molecule has 1 aromatic carbocycles. The van der Waals surface area contributed by atoms with E-state index >= 15 is 0 Å². The highest BCUT2D eigenvalue weighted by atomic mass is 16.6. The summed E-state index contributed by atoms with van der Waals surface area (Å²) in [5.41, 5.74) is 1.57. The average molecular weight is 323 g/mol. The summed E-state index contributed by atoms with van der Waals surface area (Å²) in [6, 6.07) is 1.29. The third-order valence-electron chi connectivity index (χ3n) is 3.97. The molecule has 1 atom stereocenters. The number of hydrogen-bond acceptors (Lipinski definition) is 5. The summed E-state index contributed by atoms with van der Waals surface area (Å²) in [4.78, 5) is 25.1. The van der Waals surface area contributed by atoms with Crippen LogP contribution in [0.1, 0.15) is 35.3 Å². The van der Waals surface area contributed by atoms with Crippen molar-refractivity contribution < 1.29 is 28.9 Å². The molecule has 1 aliphatic rings. The van der Waals surface area contributed by atoms with E-state index in [0.717, 1.165) is 11.1 Å². The van der Waals surface area contributed by atoms with Gasteiger partial charge in [0.15, 0.2) is 0 Å². The second-order valence-electron chi connectivity index (χ2n) is 5.30. The number of methoxy groups -OCH3 is 2. The number of carbonyl (C=O) groups excluding carboxylic acids is 1. The molecule has 126 valence electrons. The minimum atomic E-state index is -1.08. The van der Waals surface area contributed by atoms with Gasteiger partial charge in [-0.1, -0.05) is 0 Å². The maximum atomic E-state index is 12.1. The van der Waals surface area contributed by atoms with Crippen molar-refractivity contribution in [2.75, 3.05) is 20.8 Å². The molecule has 0 radical (unpaired) electrons. The van der Waals surface area contributed by atoms with Gasteiger partial charge in [-0.15, -0.1) is 0 Å². The van der Waals surface area contributed by atoms with Gasteiger partial charge in [-0.3, -0.25) is 0 Å². The molecule has 1 aromatic rings. The Kier molecular flexibility index (Phi) is 4.98. The summed E-state index contributed by atoms with van der Waals surface area (Å²) in [7, 11) is 2.91. The Balaban J connectivity index is 2.54. The fourth-order valence-corrected chi connectivity index (χ4v) is 2.88. The quantitative estimate of drug-likeness (QED) is 0.915. The number of carboxylic acid groups (broad SMARTS) is 1. The van der Waals surface area contributed by atoms with Crippen molar-refractivity contribution in [2.45, 2.75) is 32.9 Å². The standard InChI is InChI=1S/C16H21NO6/c1-5-23-16(20)17-8-12-10(6-9(17)2)14(22-4)11(15(18)19)7-13(12)21-3/h7,9H,5-6,8H2,1-4H3,(H,18,19). The molecule has 1 amide bonds. The Labute approximate surface area is 134 Å². The lowest BCUT2D eigenvalue weighted by atomic mass is 9.91. The van der Waals surface area contributed by atoms with Crippen LogP contribution in [0.5, 0.6) is 11.5 Å². The minimum Gasteiger partial charge on any atom is -0.496 e. The van der Waals surface area contributed by atoms with Gasteiger partial charge in [-0.25, -0.2) is 9.59 Å². The number of fused-ring (bicyclic) bond motifs is 1. The molecule has 0 bridgehead atoms. The van der Waals surface area contributed by atoms with Crippen LogP contribution in [0, 0.1) is 0 Å².